The van der Waals surface area contributed by atoms with Crippen LogP contribution in [0.5, 0.6) is 0 Å². The Morgan fingerprint density at radius 2 is 0.385 bits per heavy atom. The highest BCUT2D eigenvalue weighted by Gasteiger charge is 2.32. The van der Waals surface area contributed by atoms with Crippen molar-refractivity contribution in [1.82, 2.24) is 16.0 Å². The first-order valence-electron chi connectivity index (χ1n) is 46.8. The fourth-order valence-corrected chi connectivity index (χ4v) is 14.4. The van der Waals surface area contributed by atoms with E-state index in [2.05, 4.69) is 43.6 Å². The molecule has 3 amide bonds. The Hall–Kier alpha value is -4.28. The summed E-state index contributed by atoms with van der Waals surface area (Å²) in [4.78, 5) is 108. The van der Waals surface area contributed by atoms with Crippen LogP contribution in [0.25, 0.3) is 0 Å². The molecular weight excluding hydrogens is 1370 g/mol. The minimum absolute atomic E-state index is 0.0877. The van der Waals surface area contributed by atoms with Gasteiger partial charge in [-0.05, 0) is 51.4 Å². The summed E-state index contributed by atoms with van der Waals surface area (Å²) in [5.41, 5.74) is 6.37. The number of hydrogen-bond donors (Lipinski definition) is 5. The topological polar surface area (TPSA) is 256 Å². The molecule has 0 fully saturated rings. The number of carbonyl (C=O) groups is 8. The van der Waals surface area contributed by atoms with Gasteiger partial charge in [-0.3, -0.25) is 33.6 Å². The van der Waals surface area contributed by atoms with Crippen molar-refractivity contribution in [3.63, 3.8) is 0 Å². The summed E-state index contributed by atoms with van der Waals surface area (Å²) in [5.74, 6) is -6.31. The van der Waals surface area contributed by atoms with Gasteiger partial charge in [0.15, 0.2) is 0 Å². The Morgan fingerprint density at radius 1 is 0.229 bits per heavy atom. The van der Waals surface area contributed by atoms with Crippen LogP contribution in [0, 0.1) is 0 Å². The van der Waals surface area contributed by atoms with Gasteiger partial charge in [-0.15, -0.1) is 0 Å². The van der Waals surface area contributed by atoms with Crippen LogP contribution in [0.2, 0.25) is 0 Å². The van der Waals surface area contributed by atoms with E-state index in [9.17, 15) is 43.5 Å². The number of carbonyl (C=O) groups excluding carboxylic acids is 7. The standard InChI is InChI=1S/C92H174N4O13/c1-5-9-13-17-21-25-29-33-37-41-45-49-53-57-61-65-77-106-85(97)73-69-81(93)89(101)94-82(70-74-86(98)107-78-66-62-58-54-50-46-42-38-34-30-26-22-18-14-10-6-2)90(102)95-83(71-75-87(99)108-79-67-63-59-55-51-47-43-39-35-31-27-23-19-15-11-7-3)91(103)96-84(92(104)105)72-76-88(100)109-80-68-64-60-56-52-48-44-40-36-32-28-24-20-16-12-8-4/h81-84H,5-80,93H2,1-4H3,(H,94,101)(H,95,102)(H,96,103)(H,104,105)/t81-,82-,83-,84-/m0/s1. The molecule has 6 N–H and O–H groups in total. The van der Waals surface area contributed by atoms with Crippen LogP contribution in [0.1, 0.15) is 490 Å². The summed E-state index contributed by atoms with van der Waals surface area (Å²) < 4.78 is 22.2. The molecule has 0 aromatic rings. The van der Waals surface area contributed by atoms with Crippen LogP contribution in [0.4, 0.5) is 0 Å². The second-order valence-electron chi connectivity index (χ2n) is 32.4. The van der Waals surface area contributed by atoms with Crippen molar-refractivity contribution in [3.8, 4) is 0 Å². The van der Waals surface area contributed by atoms with E-state index in [1.165, 1.54) is 308 Å². The van der Waals surface area contributed by atoms with Crippen LogP contribution in [0.3, 0.4) is 0 Å². The normalized spacial score (nSPS) is 12.5. The molecule has 4 atom stereocenters. The molecule has 109 heavy (non-hydrogen) atoms. The number of nitrogens with two attached hydrogens (primary N) is 1. The molecule has 0 radical (unpaired) electrons. The van der Waals surface area contributed by atoms with Gasteiger partial charge < -0.3 is 45.7 Å². The molecule has 0 bridgehead atoms. The molecule has 0 saturated heterocycles. The molecule has 0 aliphatic heterocycles. The lowest BCUT2D eigenvalue weighted by Gasteiger charge is -2.25. The first kappa shape index (κ1) is 105. The lowest BCUT2D eigenvalue weighted by atomic mass is 10.0. The van der Waals surface area contributed by atoms with Gasteiger partial charge in [-0.2, -0.15) is 0 Å². The average Bonchev–Trinajstić information content (AvgIpc) is 0.867. The smallest absolute Gasteiger partial charge is 0.326 e. The number of unbranched alkanes of at least 4 members (excludes halogenated alkanes) is 60. The molecule has 0 aliphatic rings. The fourth-order valence-electron chi connectivity index (χ4n) is 14.4. The number of carboxylic acid groups (broad SMARTS) is 1. The summed E-state index contributed by atoms with van der Waals surface area (Å²) in [5, 5.41) is 18.1. The van der Waals surface area contributed by atoms with Gasteiger partial charge in [-0.1, -0.05) is 413 Å². The third kappa shape index (κ3) is 74.9. The fraction of sp³-hybridized carbons (Fsp3) is 0.913. The van der Waals surface area contributed by atoms with Crippen molar-refractivity contribution in [2.24, 2.45) is 5.73 Å². The number of nitrogens with one attached hydrogen (secondary N) is 3. The number of ether oxygens (including phenoxy) is 4. The van der Waals surface area contributed by atoms with E-state index in [4.69, 9.17) is 24.7 Å². The Labute approximate surface area is 668 Å². The first-order chi connectivity index (χ1) is 53.3. The Kier molecular flexibility index (Phi) is 79.9. The van der Waals surface area contributed by atoms with Crippen molar-refractivity contribution >= 4 is 47.6 Å². The number of hydrogen-bond acceptors (Lipinski definition) is 13. The zero-order valence-electron chi connectivity index (χ0n) is 71.5. The van der Waals surface area contributed by atoms with Crippen molar-refractivity contribution < 1.29 is 62.4 Å². The highest BCUT2D eigenvalue weighted by Crippen LogP contribution is 2.20. The number of rotatable bonds is 87. The largest absolute Gasteiger partial charge is 0.480 e. The van der Waals surface area contributed by atoms with Gasteiger partial charge in [0.25, 0.3) is 0 Å². The summed E-state index contributed by atoms with van der Waals surface area (Å²) in [6, 6.07) is -5.77. The highest BCUT2D eigenvalue weighted by molar-refractivity contribution is 5.94. The quantitative estimate of drug-likeness (QED) is 0.0216. The third-order valence-corrected chi connectivity index (χ3v) is 21.8. The SMILES string of the molecule is CCCCCCCCCCCCCCCCCCOC(=O)CC[C@H](NC(=O)[C@H](CCC(=O)OCCCCCCCCCCCCCCCCCC)NC(=O)[C@H](CCC(=O)OCCCCCCCCCCCCCCCCCC)NC(=O)[C@@H](N)CCC(=O)OCCCCCCCCCCCCCCCCCC)C(=O)O. The monoisotopic (exact) mass is 1540 g/mol. The number of carboxylic acids is 1. The average molecular weight is 1540 g/mol. The Bertz CT molecular complexity index is 2100. The molecule has 0 rings (SSSR count). The predicted octanol–water partition coefficient (Wildman–Crippen LogP) is 24.2. The minimum atomic E-state index is -1.56. The molecular formula is C92H174N4O13. The summed E-state index contributed by atoms with van der Waals surface area (Å²) in [7, 11) is 0. The van der Waals surface area contributed by atoms with Crippen molar-refractivity contribution in [2.75, 3.05) is 26.4 Å². The molecule has 640 valence electrons. The Morgan fingerprint density at radius 3 is 0.578 bits per heavy atom. The second kappa shape index (κ2) is 83.2. The Balaban J connectivity index is 5.82. The lowest BCUT2D eigenvalue weighted by Crippen LogP contribution is -2.57. The van der Waals surface area contributed by atoms with Crippen molar-refractivity contribution in [1.29, 1.82) is 0 Å². The summed E-state index contributed by atoms with van der Waals surface area (Å²) in [6.45, 7) is 9.86. The van der Waals surface area contributed by atoms with Crippen LogP contribution >= 0.6 is 0 Å². The number of aliphatic carboxylic acids is 1. The van der Waals surface area contributed by atoms with E-state index in [1.54, 1.807) is 0 Å². The van der Waals surface area contributed by atoms with Gasteiger partial charge in [0.2, 0.25) is 17.7 Å². The minimum Gasteiger partial charge on any atom is -0.480 e. The molecule has 0 spiro atoms. The second-order valence-corrected chi connectivity index (χ2v) is 32.4. The van der Waals surface area contributed by atoms with E-state index in [-0.39, 0.29) is 77.8 Å². The highest BCUT2D eigenvalue weighted by atomic mass is 16.5. The molecule has 0 unspecified atom stereocenters. The van der Waals surface area contributed by atoms with Gasteiger partial charge in [0, 0.05) is 25.7 Å². The van der Waals surface area contributed by atoms with E-state index in [1.807, 2.05) is 0 Å². The van der Waals surface area contributed by atoms with Gasteiger partial charge in [0.05, 0.1) is 32.5 Å². The molecule has 0 aromatic carbocycles. The molecule has 17 nitrogen and oxygen atoms in total. The van der Waals surface area contributed by atoms with Crippen LogP contribution in [-0.2, 0) is 57.3 Å². The number of esters is 4. The van der Waals surface area contributed by atoms with Gasteiger partial charge in [0.1, 0.15) is 18.1 Å². The number of amides is 3. The van der Waals surface area contributed by atoms with Gasteiger partial charge in [-0.25, -0.2) is 4.79 Å². The van der Waals surface area contributed by atoms with Crippen LogP contribution in [0.15, 0.2) is 0 Å². The molecule has 0 saturated carbocycles. The maximum absolute atomic E-state index is 14.5. The molecule has 17 heteroatoms. The third-order valence-electron chi connectivity index (χ3n) is 21.8. The molecule has 0 heterocycles. The first-order valence-corrected chi connectivity index (χ1v) is 46.8. The van der Waals surface area contributed by atoms with E-state index < -0.39 is 71.7 Å². The maximum Gasteiger partial charge on any atom is 0.326 e. The van der Waals surface area contributed by atoms with Crippen molar-refractivity contribution in [2.45, 2.75) is 514 Å². The molecule has 0 aliphatic carbocycles. The van der Waals surface area contributed by atoms with Crippen LogP contribution in [-0.4, -0.2) is 103 Å². The van der Waals surface area contributed by atoms with Gasteiger partial charge >= 0.3 is 29.8 Å². The zero-order chi connectivity index (χ0) is 79.6. The molecule has 0 aromatic heterocycles. The summed E-state index contributed by atoms with van der Waals surface area (Å²) >= 11 is 0. The van der Waals surface area contributed by atoms with E-state index in [0.29, 0.717) is 19.3 Å². The lowest BCUT2D eigenvalue weighted by molar-refractivity contribution is -0.147. The van der Waals surface area contributed by atoms with Crippen LogP contribution < -0.4 is 21.7 Å². The zero-order valence-corrected chi connectivity index (χ0v) is 71.5. The predicted molar refractivity (Wildman–Crippen MR) is 450 cm³/mol. The summed E-state index contributed by atoms with van der Waals surface area (Å²) in [6.07, 6.45) is 76.0. The van der Waals surface area contributed by atoms with Crippen molar-refractivity contribution in [3.05, 3.63) is 0 Å². The van der Waals surface area contributed by atoms with E-state index >= 15 is 0 Å². The maximum atomic E-state index is 14.5. The van der Waals surface area contributed by atoms with E-state index in [0.717, 1.165) is 83.5 Å².